The molecule has 1 aliphatic heterocycles. The van der Waals surface area contributed by atoms with Gasteiger partial charge in [0.15, 0.2) is 0 Å². The van der Waals surface area contributed by atoms with E-state index in [1.54, 1.807) is 6.20 Å². The van der Waals surface area contributed by atoms with Gasteiger partial charge in [-0.15, -0.1) is 0 Å². The van der Waals surface area contributed by atoms with Crippen molar-refractivity contribution in [2.24, 2.45) is 0 Å². The minimum Gasteiger partial charge on any atom is -0.390 e. The lowest BCUT2D eigenvalue weighted by atomic mass is 10.2. The van der Waals surface area contributed by atoms with Gasteiger partial charge in [0.2, 0.25) is 0 Å². The summed E-state index contributed by atoms with van der Waals surface area (Å²) in [4.78, 5) is 6.31. The fourth-order valence-corrected chi connectivity index (χ4v) is 2.36. The zero-order chi connectivity index (χ0) is 13.9. The highest BCUT2D eigenvalue weighted by molar-refractivity contribution is 5.77. The third-order valence-electron chi connectivity index (χ3n) is 3.44. The van der Waals surface area contributed by atoms with E-state index in [0.717, 1.165) is 30.2 Å². The molecule has 3 rings (SSSR count). The number of likely N-dealkylation sites (N-methyl/N-ethyl adjacent to an activating group) is 1. The van der Waals surface area contributed by atoms with Gasteiger partial charge in [0, 0.05) is 37.7 Å². The maximum atomic E-state index is 9.12. The Kier molecular flexibility index (Phi) is 3.43. The molecule has 1 aromatic carbocycles. The summed E-state index contributed by atoms with van der Waals surface area (Å²) in [7, 11) is 2.10. The molecule has 104 valence electrons. The van der Waals surface area contributed by atoms with E-state index in [9.17, 15) is 0 Å². The van der Waals surface area contributed by atoms with Crippen molar-refractivity contribution >= 4 is 22.7 Å². The highest BCUT2D eigenvalue weighted by Crippen LogP contribution is 2.31. The maximum absolute atomic E-state index is 9.12. The number of aliphatic hydroxyl groups is 1. The Labute approximate surface area is 118 Å². The number of hydrogen-bond donors (Lipinski definition) is 3. The van der Waals surface area contributed by atoms with Crippen molar-refractivity contribution in [3.63, 3.8) is 0 Å². The van der Waals surface area contributed by atoms with E-state index in [1.807, 2.05) is 18.2 Å². The van der Waals surface area contributed by atoms with Crippen LogP contribution in [0, 0.1) is 0 Å². The largest absolute Gasteiger partial charge is 0.390 e. The second-order valence-corrected chi connectivity index (χ2v) is 4.90. The van der Waals surface area contributed by atoms with Crippen molar-refractivity contribution in [3.8, 4) is 0 Å². The van der Waals surface area contributed by atoms with Crippen molar-refractivity contribution in [1.82, 2.24) is 4.98 Å². The summed E-state index contributed by atoms with van der Waals surface area (Å²) in [6, 6.07) is 9.99. The first-order valence-corrected chi connectivity index (χ1v) is 6.68. The summed E-state index contributed by atoms with van der Waals surface area (Å²) in [5.41, 5.74) is 4.96. The molecule has 0 saturated carbocycles. The Morgan fingerprint density at radius 2 is 2.15 bits per heavy atom. The third kappa shape index (κ3) is 2.53. The fraction of sp³-hybridized carbons (Fsp3) is 0.267. The predicted molar refractivity (Wildman–Crippen MR) is 81.6 cm³/mol. The van der Waals surface area contributed by atoms with Gasteiger partial charge in [-0.25, -0.2) is 0 Å². The molecule has 2 heterocycles. The zero-order valence-electron chi connectivity index (χ0n) is 11.4. The number of aromatic nitrogens is 1. The molecular weight excluding hydrogens is 252 g/mol. The summed E-state index contributed by atoms with van der Waals surface area (Å²) in [6.07, 6.45) is 1.69. The smallest absolute Gasteiger partial charge is 0.0853 e. The van der Waals surface area contributed by atoms with E-state index in [2.05, 4.69) is 39.7 Å². The molecule has 1 aliphatic rings. The molecule has 1 aromatic heterocycles. The van der Waals surface area contributed by atoms with Crippen LogP contribution in [-0.4, -0.2) is 30.2 Å². The van der Waals surface area contributed by atoms with Gasteiger partial charge < -0.3 is 20.6 Å². The summed E-state index contributed by atoms with van der Waals surface area (Å²) in [5, 5.41) is 15.8. The van der Waals surface area contributed by atoms with E-state index < -0.39 is 0 Å². The molecule has 3 N–H and O–H groups in total. The van der Waals surface area contributed by atoms with Crippen LogP contribution in [0.1, 0.15) is 5.69 Å². The van der Waals surface area contributed by atoms with Crippen LogP contribution in [0.15, 0.2) is 36.5 Å². The van der Waals surface area contributed by atoms with Crippen molar-refractivity contribution in [2.75, 3.05) is 35.7 Å². The number of hydrogen-bond acceptors (Lipinski definition) is 5. The quantitative estimate of drug-likeness (QED) is 0.798. The normalized spacial score (nSPS) is 13.6. The molecule has 0 radical (unpaired) electrons. The molecule has 0 fully saturated rings. The number of anilines is 4. The number of fused-ring (bicyclic) bond motifs is 1. The molecular formula is C15H18N4O. The topological polar surface area (TPSA) is 60.4 Å². The lowest BCUT2D eigenvalue weighted by molar-refractivity contribution is 0.277. The van der Waals surface area contributed by atoms with E-state index >= 15 is 0 Å². The Bertz CT molecular complexity index is 615. The third-order valence-corrected chi connectivity index (χ3v) is 3.44. The number of aliphatic hydroxyl groups excluding tert-OH is 1. The Balaban J connectivity index is 1.85. The first-order chi connectivity index (χ1) is 9.76. The van der Waals surface area contributed by atoms with Gasteiger partial charge in [-0.05, 0) is 30.3 Å². The van der Waals surface area contributed by atoms with Crippen molar-refractivity contribution < 1.29 is 5.11 Å². The van der Waals surface area contributed by atoms with E-state index in [1.165, 1.54) is 5.69 Å². The minimum atomic E-state index is -0.0492. The number of benzene rings is 1. The van der Waals surface area contributed by atoms with Gasteiger partial charge in [0.05, 0.1) is 23.7 Å². The first kappa shape index (κ1) is 12.7. The average Bonchev–Trinajstić information content (AvgIpc) is 2.48. The predicted octanol–water partition coefficient (Wildman–Crippen LogP) is 2.18. The molecule has 0 aliphatic carbocycles. The van der Waals surface area contributed by atoms with Crippen LogP contribution in [0.25, 0.3) is 0 Å². The molecule has 5 heteroatoms. The van der Waals surface area contributed by atoms with Crippen LogP contribution in [-0.2, 0) is 6.61 Å². The van der Waals surface area contributed by atoms with E-state index in [0.29, 0.717) is 5.69 Å². The molecule has 0 spiro atoms. The van der Waals surface area contributed by atoms with Gasteiger partial charge in [-0.2, -0.15) is 0 Å². The lowest BCUT2D eigenvalue weighted by Crippen LogP contribution is -2.30. The van der Waals surface area contributed by atoms with Crippen molar-refractivity contribution in [2.45, 2.75) is 6.61 Å². The minimum absolute atomic E-state index is 0.0492. The van der Waals surface area contributed by atoms with E-state index in [4.69, 9.17) is 5.11 Å². The molecule has 5 nitrogen and oxygen atoms in total. The van der Waals surface area contributed by atoms with E-state index in [-0.39, 0.29) is 6.61 Å². The van der Waals surface area contributed by atoms with Crippen LogP contribution in [0.2, 0.25) is 0 Å². The van der Waals surface area contributed by atoms with Gasteiger partial charge in [0.1, 0.15) is 0 Å². The number of nitrogens with zero attached hydrogens (tertiary/aromatic N) is 2. The molecule has 0 atom stereocenters. The monoisotopic (exact) mass is 270 g/mol. The summed E-state index contributed by atoms with van der Waals surface area (Å²) < 4.78 is 0. The number of rotatable bonds is 3. The molecule has 0 bridgehead atoms. The molecule has 20 heavy (non-hydrogen) atoms. The van der Waals surface area contributed by atoms with Crippen molar-refractivity contribution in [3.05, 3.63) is 42.2 Å². The molecule has 0 saturated heterocycles. The van der Waals surface area contributed by atoms with Crippen LogP contribution in [0.3, 0.4) is 0 Å². The highest BCUT2D eigenvalue weighted by Gasteiger charge is 2.13. The Morgan fingerprint density at radius 1 is 1.30 bits per heavy atom. The van der Waals surface area contributed by atoms with Gasteiger partial charge in [0.25, 0.3) is 0 Å². The van der Waals surface area contributed by atoms with Gasteiger partial charge in [-0.1, -0.05) is 0 Å². The summed E-state index contributed by atoms with van der Waals surface area (Å²) >= 11 is 0. The standard InChI is InChI=1S/C15H18N4O/c1-19-7-6-17-14-3-2-11(9-15(14)19)18-12-4-5-16-13(8-12)10-20/h2-5,8-9,17,20H,6-7,10H2,1H3,(H,16,18). The summed E-state index contributed by atoms with van der Waals surface area (Å²) in [5.74, 6) is 0. The Morgan fingerprint density at radius 3 is 3.00 bits per heavy atom. The molecule has 0 unspecified atom stereocenters. The van der Waals surface area contributed by atoms with Crippen molar-refractivity contribution in [1.29, 1.82) is 0 Å². The van der Waals surface area contributed by atoms with Crippen LogP contribution >= 0.6 is 0 Å². The number of pyridine rings is 1. The average molecular weight is 270 g/mol. The Hall–Kier alpha value is -2.27. The second-order valence-electron chi connectivity index (χ2n) is 4.90. The molecule has 0 amide bonds. The second kappa shape index (κ2) is 5.38. The summed E-state index contributed by atoms with van der Waals surface area (Å²) in [6.45, 7) is 1.92. The van der Waals surface area contributed by atoms with Crippen LogP contribution in [0.4, 0.5) is 22.7 Å². The lowest BCUT2D eigenvalue weighted by Gasteiger charge is -2.29. The van der Waals surface area contributed by atoms with Gasteiger partial charge >= 0.3 is 0 Å². The SMILES string of the molecule is CN1CCNc2ccc(Nc3ccnc(CO)c3)cc21. The molecule has 2 aromatic rings. The van der Waals surface area contributed by atoms with Crippen LogP contribution in [0.5, 0.6) is 0 Å². The fourth-order valence-electron chi connectivity index (χ4n) is 2.36. The van der Waals surface area contributed by atoms with Gasteiger partial charge in [-0.3, -0.25) is 4.98 Å². The highest BCUT2D eigenvalue weighted by atomic mass is 16.3. The van der Waals surface area contributed by atoms with Crippen LogP contribution < -0.4 is 15.5 Å². The zero-order valence-corrected chi connectivity index (χ0v) is 11.4. The first-order valence-electron chi connectivity index (χ1n) is 6.68. The number of nitrogens with one attached hydrogen (secondary N) is 2. The maximum Gasteiger partial charge on any atom is 0.0853 e.